The van der Waals surface area contributed by atoms with E-state index < -0.39 is 5.97 Å². The van der Waals surface area contributed by atoms with Crippen LogP contribution in [0.3, 0.4) is 0 Å². The van der Waals surface area contributed by atoms with Crippen molar-refractivity contribution in [3.8, 4) is 0 Å². The van der Waals surface area contributed by atoms with Crippen molar-refractivity contribution >= 4 is 33.6 Å². The maximum Gasteiger partial charge on any atom is 0.337 e. The fraction of sp³-hybridized carbons (Fsp3) is 0.333. The number of hydrogen-bond acceptors (Lipinski definition) is 3. The maximum absolute atomic E-state index is 12.0. The van der Waals surface area contributed by atoms with Gasteiger partial charge in [0, 0.05) is 30.7 Å². The Morgan fingerprint density at radius 2 is 2.00 bits per heavy atom. The van der Waals surface area contributed by atoms with Gasteiger partial charge in [-0.1, -0.05) is 15.9 Å². The predicted molar refractivity (Wildman–Crippen MR) is 74.6 cm³/mol. The molecule has 0 saturated carbocycles. The van der Waals surface area contributed by atoms with Crippen LogP contribution >= 0.6 is 15.9 Å². The summed E-state index contributed by atoms with van der Waals surface area (Å²) in [6.07, 6.45) is 0. The number of amides is 2. The van der Waals surface area contributed by atoms with Gasteiger partial charge in [0.15, 0.2) is 0 Å². The van der Waals surface area contributed by atoms with Crippen molar-refractivity contribution < 1.29 is 14.7 Å². The first kappa shape index (κ1) is 13.8. The standard InChI is InChI=1S/C12H14BrN3O3/c13-8-1-2-9(11(17)18)10(7-8)15-12(19)16-5-3-14-4-6-16/h1-2,7,14H,3-6H2,(H,15,19)(H,17,18). The van der Waals surface area contributed by atoms with Crippen molar-refractivity contribution in [3.63, 3.8) is 0 Å². The highest BCUT2D eigenvalue weighted by molar-refractivity contribution is 9.10. The molecule has 6 nitrogen and oxygen atoms in total. The first-order valence-electron chi connectivity index (χ1n) is 5.87. The number of nitrogens with zero attached hydrogens (tertiary/aromatic N) is 1. The van der Waals surface area contributed by atoms with Crippen molar-refractivity contribution in [2.75, 3.05) is 31.5 Å². The summed E-state index contributed by atoms with van der Waals surface area (Å²) < 4.78 is 0.716. The van der Waals surface area contributed by atoms with E-state index in [1.54, 1.807) is 17.0 Å². The molecule has 0 unspecified atom stereocenters. The van der Waals surface area contributed by atoms with Gasteiger partial charge >= 0.3 is 12.0 Å². The van der Waals surface area contributed by atoms with Gasteiger partial charge in [0.05, 0.1) is 11.3 Å². The molecule has 0 aromatic heterocycles. The van der Waals surface area contributed by atoms with Crippen LogP contribution in [0.5, 0.6) is 0 Å². The molecule has 102 valence electrons. The molecule has 3 N–H and O–H groups in total. The Hall–Kier alpha value is -1.60. The molecule has 2 amide bonds. The summed E-state index contributed by atoms with van der Waals surface area (Å²) in [7, 11) is 0. The lowest BCUT2D eigenvalue weighted by Gasteiger charge is -2.27. The zero-order valence-corrected chi connectivity index (χ0v) is 11.7. The maximum atomic E-state index is 12.0. The minimum absolute atomic E-state index is 0.0756. The molecule has 1 saturated heterocycles. The molecule has 1 fully saturated rings. The molecular formula is C12H14BrN3O3. The van der Waals surface area contributed by atoms with Crippen LogP contribution in [-0.4, -0.2) is 48.2 Å². The molecular weight excluding hydrogens is 314 g/mol. The van der Waals surface area contributed by atoms with Crippen LogP contribution in [0.25, 0.3) is 0 Å². The van der Waals surface area contributed by atoms with Crippen LogP contribution < -0.4 is 10.6 Å². The number of piperazine rings is 1. The normalized spacial score (nSPS) is 15.1. The minimum Gasteiger partial charge on any atom is -0.478 e. The topological polar surface area (TPSA) is 81.7 Å². The minimum atomic E-state index is -1.07. The summed E-state index contributed by atoms with van der Waals surface area (Å²) in [5.41, 5.74) is 0.372. The van der Waals surface area contributed by atoms with Gasteiger partial charge in [-0.3, -0.25) is 0 Å². The number of halogens is 1. The predicted octanol–water partition coefficient (Wildman–Crippen LogP) is 1.58. The van der Waals surface area contributed by atoms with E-state index >= 15 is 0 Å². The third kappa shape index (κ3) is 3.45. The second-order valence-electron chi connectivity index (χ2n) is 4.16. The zero-order chi connectivity index (χ0) is 13.8. The Balaban J connectivity index is 2.15. The molecule has 0 radical (unpaired) electrons. The molecule has 1 aliphatic heterocycles. The molecule has 2 rings (SSSR count). The smallest absolute Gasteiger partial charge is 0.337 e. The van der Waals surface area contributed by atoms with Crippen LogP contribution in [0, 0.1) is 0 Å². The number of benzene rings is 1. The molecule has 0 bridgehead atoms. The fourth-order valence-electron chi connectivity index (χ4n) is 1.87. The monoisotopic (exact) mass is 327 g/mol. The van der Waals surface area contributed by atoms with Crippen LogP contribution in [0.4, 0.5) is 10.5 Å². The summed E-state index contributed by atoms with van der Waals surface area (Å²) in [5, 5.41) is 14.9. The van der Waals surface area contributed by atoms with Crippen molar-refractivity contribution in [2.24, 2.45) is 0 Å². The van der Waals surface area contributed by atoms with E-state index in [4.69, 9.17) is 5.11 Å². The van der Waals surface area contributed by atoms with Crippen molar-refractivity contribution in [1.82, 2.24) is 10.2 Å². The number of carboxylic acid groups (broad SMARTS) is 1. The van der Waals surface area contributed by atoms with E-state index in [0.29, 0.717) is 23.2 Å². The van der Waals surface area contributed by atoms with Crippen LogP contribution in [-0.2, 0) is 0 Å². The Morgan fingerprint density at radius 3 is 2.63 bits per heavy atom. The molecule has 7 heteroatoms. The third-order valence-electron chi connectivity index (χ3n) is 2.86. The van der Waals surface area contributed by atoms with E-state index in [2.05, 4.69) is 26.6 Å². The van der Waals surface area contributed by atoms with Crippen molar-refractivity contribution in [2.45, 2.75) is 0 Å². The number of aromatic carboxylic acids is 1. The molecule has 0 atom stereocenters. The fourth-order valence-corrected chi connectivity index (χ4v) is 2.23. The second kappa shape index (κ2) is 6.03. The van der Waals surface area contributed by atoms with E-state index in [-0.39, 0.29) is 11.6 Å². The third-order valence-corrected chi connectivity index (χ3v) is 3.35. The number of anilines is 1. The van der Waals surface area contributed by atoms with E-state index in [9.17, 15) is 9.59 Å². The first-order chi connectivity index (χ1) is 9.08. The quantitative estimate of drug-likeness (QED) is 0.770. The Morgan fingerprint density at radius 1 is 1.32 bits per heavy atom. The number of urea groups is 1. The number of hydrogen-bond donors (Lipinski definition) is 3. The number of carbonyl (C=O) groups is 2. The highest BCUT2D eigenvalue weighted by atomic mass is 79.9. The van der Waals surface area contributed by atoms with Crippen LogP contribution in [0.15, 0.2) is 22.7 Å². The average Bonchev–Trinajstić information content (AvgIpc) is 2.39. The molecule has 0 spiro atoms. The van der Waals surface area contributed by atoms with Crippen LogP contribution in [0.2, 0.25) is 0 Å². The number of rotatable bonds is 2. The number of nitrogens with one attached hydrogen (secondary N) is 2. The lowest BCUT2D eigenvalue weighted by atomic mass is 10.2. The number of carboxylic acids is 1. The van der Waals surface area contributed by atoms with Gasteiger partial charge in [-0.25, -0.2) is 9.59 Å². The second-order valence-corrected chi connectivity index (χ2v) is 5.08. The molecule has 1 aromatic carbocycles. The van der Waals surface area contributed by atoms with Gasteiger partial charge in [-0.2, -0.15) is 0 Å². The highest BCUT2D eigenvalue weighted by Gasteiger charge is 2.18. The molecule has 1 aromatic rings. The SMILES string of the molecule is O=C(O)c1ccc(Br)cc1NC(=O)N1CCNCC1. The van der Waals surface area contributed by atoms with E-state index in [1.165, 1.54) is 6.07 Å². The Labute approximate surface area is 118 Å². The summed E-state index contributed by atoms with van der Waals surface area (Å²) >= 11 is 3.26. The highest BCUT2D eigenvalue weighted by Crippen LogP contribution is 2.22. The largest absolute Gasteiger partial charge is 0.478 e. The van der Waals surface area contributed by atoms with Gasteiger partial charge in [-0.05, 0) is 18.2 Å². The summed E-state index contributed by atoms with van der Waals surface area (Å²) in [5.74, 6) is -1.07. The van der Waals surface area contributed by atoms with E-state index in [0.717, 1.165) is 13.1 Å². The van der Waals surface area contributed by atoms with Gasteiger partial charge in [0.25, 0.3) is 0 Å². The average molecular weight is 328 g/mol. The molecule has 1 aliphatic rings. The van der Waals surface area contributed by atoms with Gasteiger partial charge < -0.3 is 20.6 Å². The Kier molecular flexibility index (Phi) is 4.39. The van der Waals surface area contributed by atoms with Crippen molar-refractivity contribution in [1.29, 1.82) is 0 Å². The molecule has 1 heterocycles. The molecule has 19 heavy (non-hydrogen) atoms. The van der Waals surface area contributed by atoms with Gasteiger partial charge in [0.2, 0.25) is 0 Å². The lowest BCUT2D eigenvalue weighted by Crippen LogP contribution is -2.48. The lowest BCUT2D eigenvalue weighted by molar-refractivity contribution is 0.0698. The molecule has 0 aliphatic carbocycles. The first-order valence-corrected chi connectivity index (χ1v) is 6.67. The zero-order valence-electron chi connectivity index (χ0n) is 10.1. The summed E-state index contributed by atoms with van der Waals surface area (Å²) in [6, 6.07) is 4.40. The van der Waals surface area contributed by atoms with Crippen LogP contribution in [0.1, 0.15) is 10.4 Å². The summed E-state index contributed by atoms with van der Waals surface area (Å²) in [6.45, 7) is 2.72. The van der Waals surface area contributed by atoms with Gasteiger partial charge in [-0.15, -0.1) is 0 Å². The van der Waals surface area contributed by atoms with Gasteiger partial charge in [0.1, 0.15) is 0 Å². The van der Waals surface area contributed by atoms with E-state index in [1.807, 2.05) is 0 Å². The van der Waals surface area contributed by atoms with Crippen molar-refractivity contribution in [3.05, 3.63) is 28.2 Å². The number of carbonyl (C=O) groups excluding carboxylic acids is 1. The summed E-state index contributed by atoms with van der Waals surface area (Å²) in [4.78, 5) is 24.8. The Bertz CT molecular complexity index is 501.